The van der Waals surface area contributed by atoms with Gasteiger partial charge in [-0.25, -0.2) is 9.18 Å². The molecule has 0 aliphatic carbocycles. The van der Waals surface area contributed by atoms with E-state index in [0.717, 1.165) is 84.9 Å². The van der Waals surface area contributed by atoms with Gasteiger partial charge in [0.1, 0.15) is 5.82 Å². The zero-order valence-electron chi connectivity index (χ0n) is 28.6. The Bertz CT molecular complexity index is 1530. The van der Waals surface area contributed by atoms with Gasteiger partial charge in [0.25, 0.3) is 0 Å². The predicted molar refractivity (Wildman–Crippen MR) is 179 cm³/mol. The van der Waals surface area contributed by atoms with Gasteiger partial charge in [-0.15, -0.1) is 0 Å². The number of hydrogen-bond donors (Lipinski definition) is 0. The number of aromatic nitrogens is 1. The first-order valence-electron chi connectivity index (χ1n) is 16.3. The van der Waals surface area contributed by atoms with Crippen LogP contribution in [-0.4, -0.2) is 40.6 Å². The Morgan fingerprint density at radius 1 is 0.978 bits per heavy atom. The molecule has 1 atom stereocenters. The van der Waals surface area contributed by atoms with E-state index in [2.05, 4.69) is 48.8 Å². The molecule has 0 amide bonds. The fraction of sp³-hybridized carbons (Fsp3) is 0.526. The molecule has 242 valence electrons. The average molecular weight is 616 g/mol. The van der Waals surface area contributed by atoms with Crippen LogP contribution in [0.25, 0.3) is 11.1 Å². The molecule has 3 heterocycles. The molecule has 0 bridgehead atoms. The molecule has 0 saturated carbocycles. The van der Waals surface area contributed by atoms with E-state index in [4.69, 9.17) is 14.5 Å². The number of nitrogens with zero attached hydrogens (tertiary/aromatic N) is 3. The Hall–Kier alpha value is -3.29. The molecule has 2 aliphatic rings. The van der Waals surface area contributed by atoms with Crippen molar-refractivity contribution in [2.24, 2.45) is 5.41 Å². The Kier molecular flexibility index (Phi) is 9.44. The number of aryl methyl sites for hydroxylation is 2. The minimum atomic E-state index is -0.912. The predicted octanol–water partition coefficient (Wildman–Crippen LogP) is 8.45. The molecule has 0 spiro atoms. The first kappa shape index (κ1) is 33.1. The molecular formula is C38H50FN3O3. The van der Waals surface area contributed by atoms with Crippen LogP contribution in [0.1, 0.15) is 101 Å². The van der Waals surface area contributed by atoms with Crippen molar-refractivity contribution in [2.45, 2.75) is 113 Å². The molecule has 5 rings (SSSR count). The number of esters is 1. The zero-order chi connectivity index (χ0) is 32.7. The van der Waals surface area contributed by atoms with Gasteiger partial charge in [-0.2, -0.15) is 0 Å². The summed E-state index contributed by atoms with van der Waals surface area (Å²) >= 11 is 0. The van der Waals surface area contributed by atoms with Gasteiger partial charge in [-0.3, -0.25) is 9.88 Å². The molecular weight excluding hydrogens is 565 g/mol. The van der Waals surface area contributed by atoms with Gasteiger partial charge in [0.2, 0.25) is 0 Å². The summed E-state index contributed by atoms with van der Waals surface area (Å²) in [6.07, 6.45) is 0.923. The highest BCUT2D eigenvalue weighted by molar-refractivity contribution is 5.88. The molecule has 6 nitrogen and oxygen atoms in total. The van der Waals surface area contributed by atoms with E-state index < -0.39 is 11.7 Å². The lowest BCUT2D eigenvalue weighted by molar-refractivity contribution is -0.171. The fourth-order valence-electron chi connectivity index (χ4n) is 6.62. The lowest BCUT2D eigenvalue weighted by Gasteiger charge is -2.41. The summed E-state index contributed by atoms with van der Waals surface area (Å²) in [5, 5.41) is 0. The van der Waals surface area contributed by atoms with Gasteiger partial charge in [0, 0.05) is 55.2 Å². The van der Waals surface area contributed by atoms with E-state index in [1.807, 2.05) is 53.7 Å². The van der Waals surface area contributed by atoms with Crippen molar-refractivity contribution in [1.82, 2.24) is 9.88 Å². The van der Waals surface area contributed by atoms with Crippen LogP contribution in [0, 0.1) is 25.1 Å². The Labute approximate surface area is 268 Å². The van der Waals surface area contributed by atoms with Crippen LogP contribution >= 0.6 is 0 Å². The maximum Gasteiger partial charge on any atom is 0.340 e. The van der Waals surface area contributed by atoms with Crippen LogP contribution in [0.4, 0.5) is 10.1 Å². The summed E-state index contributed by atoms with van der Waals surface area (Å²) < 4.78 is 25.8. The molecule has 3 aromatic rings. The van der Waals surface area contributed by atoms with Gasteiger partial charge in [-0.05, 0) is 107 Å². The van der Waals surface area contributed by atoms with E-state index in [-0.39, 0.29) is 23.3 Å². The molecule has 0 N–H and O–H groups in total. The molecule has 7 heteroatoms. The quantitative estimate of drug-likeness (QED) is 0.237. The van der Waals surface area contributed by atoms with E-state index in [9.17, 15) is 9.18 Å². The van der Waals surface area contributed by atoms with Crippen LogP contribution in [0.2, 0.25) is 0 Å². The number of benzene rings is 2. The Balaban J connectivity index is 1.61. The second-order valence-electron chi connectivity index (χ2n) is 14.9. The minimum absolute atomic E-state index is 0.213. The number of hydrogen-bond acceptors (Lipinski definition) is 6. The summed E-state index contributed by atoms with van der Waals surface area (Å²) in [6.45, 7) is 22.6. The lowest BCUT2D eigenvalue weighted by Crippen LogP contribution is -2.39. The number of rotatable bonds is 8. The molecule has 1 saturated heterocycles. The first-order chi connectivity index (χ1) is 21.1. The van der Waals surface area contributed by atoms with Crippen LogP contribution in [-0.2, 0) is 33.9 Å². The van der Waals surface area contributed by atoms with Gasteiger partial charge in [-0.1, -0.05) is 38.1 Å². The van der Waals surface area contributed by atoms with Gasteiger partial charge >= 0.3 is 5.97 Å². The van der Waals surface area contributed by atoms with Crippen molar-refractivity contribution in [2.75, 3.05) is 18.0 Å². The van der Waals surface area contributed by atoms with Crippen molar-refractivity contribution in [1.29, 1.82) is 0 Å². The first-order valence-corrected chi connectivity index (χ1v) is 16.3. The van der Waals surface area contributed by atoms with Crippen LogP contribution < -0.4 is 4.90 Å². The van der Waals surface area contributed by atoms with Crippen molar-refractivity contribution in [3.05, 3.63) is 81.9 Å². The largest absolute Gasteiger partial charge is 0.461 e. The highest BCUT2D eigenvalue weighted by atomic mass is 19.1. The van der Waals surface area contributed by atoms with Crippen molar-refractivity contribution >= 4 is 11.7 Å². The maximum atomic E-state index is 13.8. The maximum absolute atomic E-state index is 13.8. The summed E-state index contributed by atoms with van der Waals surface area (Å²) in [4.78, 5) is 23.7. The van der Waals surface area contributed by atoms with Crippen molar-refractivity contribution in [3.63, 3.8) is 0 Å². The van der Waals surface area contributed by atoms with Gasteiger partial charge in [0.15, 0.2) is 6.10 Å². The molecule has 2 aliphatic heterocycles. The van der Waals surface area contributed by atoms with Gasteiger partial charge in [0.05, 0.1) is 17.4 Å². The number of carbonyl (C=O) groups excluding carboxylic acids is 1. The summed E-state index contributed by atoms with van der Waals surface area (Å²) in [5.41, 5.74) is 9.06. The number of halogens is 1. The normalized spacial score (nSPS) is 17.4. The second-order valence-corrected chi connectivity index (χ2v) is 14.9. The molecule has 0 radical (unpaired) electrons. The summed E-state index contributed by atoms with van der Waals surface area (Å²) in [6, 6.07) is 13.5. The van der Waals surface area contributed by atoms with E-state index in [1.165, 1.54) is 23.3 Å². The van der Waals surface area contributed by atoms with E-state index in [1.54, 1.807) is 0 Å². The topological polar surface area (TPSA) is 54.9 Å². The number of pyridine rings is 1. The molecule has 1 fully saturated rings. The third kappa shape index (κ3) is 7.75. The summed E-state index contributed by atoms with van der Waals surface area (Å²) in [7, 11) is 0. The SMILES string of the molecule is Cc1nc(C)c(C(OC(C)(C)C)C(=O)OC(C)C)c(N2CCC(C)(C)CC2)c1-c1ccc2c(c1)CN(Cc1ccc(F)cc1)C2. The van der Waals surface area contributed by atoms with Crippen LogP contribution in [0.3, 0.4) is 0 Å². The Morgan fingerprint density at radius 3 is 2.24 bits per heavy atom. The van der Waals surface area contributed by atoms with E-state index >= 15 is 0 Å². The third-order valence-electron chi connectivity index (χ3n) is 8.91. The number of fused-ring (bicyclic) bond motifs is 1. The van der Waals surface area contributed by atoms with E-state index in [0.29, 0.717) is 0 Å². The minimum Gasteiger partial charge on any atom is -0.461 e. The van der Waals surface area contributed by atoms with Gasteiger partial charge < -0.3 is 14.4 Å². The highest BCUT2D eigenvalue weighted by Crippen LogP contribution is 2.45. The highest BCUT2D eigenvalue weighted by Gasteiger charge is 2.38. The number of ether oxygens (including phenoxy) is 2. The van der Waals surface area contributed by atoms with Crippen LogP contribution in [0.15, 0.2) is 42.5 Å². The zero-order valence-corrected chi connectivity index (χ0v) is 28.6. The van der Waals surface area contributed by atoms with Crippen molar-refractivity contribution in [3.8, 4) is 11.1 Å². The molecule has 1 unspecified atom stereocenters. The summed E-state index contributed by atoms with van der Waals surface area (Å²) in [5.74, 6) is -0.598. The number of carbonyl (C=O) groups is 1. The monoisotopic (exact) mass is 615 g/mol. The number of anilines is 1. The smallest absolute Gasteiger partial charge is 0.340 e. The lowest BCUT2D eigenvalue weighted by atomic mass is 9.81. The molecule has 1 aromatic heterocycles. The second kappa shape index (κ2) is 12.8. The van der Waals surface area contributed by atoms with Crippen molar-refractivity contribution < 1.29 is 18.7 Å². The molecule has 45 heavy (non-hydrogen) atoms. The number of piperidine rings is 1. The van der Waals surface area contributed by atoms with Crippen LogP contribution in [0.5, 0.6) is 0 Å². The standard InChI is InChI=1S/C38H50FN3O3/c1-24(2)44-36(43)35(45-37(5,6)7)33-26(4)40-25(3)32(34(33)42-18-16-38(8,9)17-19-42)28-12-13-29-22-41(23-30(29)20-28)21-27-10-14-31(39)15-11-27/h10-15,20,24,35H,16-19,21-23H2,1-9H3. The third-order valence-corrected chi connectivity index (χ3v) is 8.91. The average Bonchev–Trinajstić information content (AvgIpc) is 3.33. The Morgan fingerprint density at radius 2 is 1.62 bits per heavy atom. The fourth-order valence-corrected chi connectivity index (χ4v) is 6.62. The molecule has 2 aromatic carbocycles.